The van der Waals surface area contributed by atoms with Crippen LogP contribution in [0.2, 0.25) is 5.02 Å². The Morgan fingerprint density at radius 2 is 1.59 bits per heavy atom. The molecule has 0 saturated carbocycles. The van der Waals surface area contributed by atoms with Crippen LogP contribution in [-0.2, 0) is 0 Å². The average molecular weight is 398 g/mol. The fourth-order valence-corrected chi connectivity index (χ4v) is 3.35. The zero-order valence-corrected chi connectivity index (χ0v) is 16.1. The van der Waals surface area contributed by atoms with Gasteiger partial charge in [0.1, 0.15) is 11.6 Å². The van der Waals surface area contributed by atoms with Gasteiger partial charge in [0.05, 0.1) is 5.92 Å². The number of halogens is 1. The van der Waals surface area contributed by atoms with Gasteiger partial charge in [-0.25, -0.2) is 0 Å². The van der Waals surface area contributed by atoms with Gasteiger partial charge in [-0.15, -0.1) is 0 Å². The second kappa shape index (κ2) is 8.55. The highest BCUT2D eigenvalue weighted by atomic mass is 35.5. The Kier molecular flexibility index (Phi) is 5.51. The minimum absolute atomic E-state index is 0.180. The van der Waals surface area contributed by atoms with Crippen LogP contribution < -0.4 is 0 Å². The lowest BCUT2D eigenvalue weighted by atomic mass is 9.91. The maximum Gasteiger partial charge on any atom is 0.268 e. The van der Waals surface area contributed by atoms with Crippen LogP contribution in [-0.4, -0.2) is 10.1 Å². The van der Waals surface area contributed by atoms with E-state index in [2.05, 4.69) is 16.2 Å². The molecule has 3 aromatic carbocycles. The van der Waals surface area contributed by atoms with Gasteiger partial charge < -0.3 is 4.52 Å². The van der Waals surface area contributed by atoms with Crippen molar-refractivity contribution in [3.05, 3.63) is 118 Å². The molecule has 0 N–H and O–H groups in total. The first-order valence-electron chi connectivity index (χ1n) is 9.06. The van der Waals surface area contributed by atoms with Gasteiger partial charge in [-0.1, -0.05) is 89.6 Å². The zero-order valence-electron chi connectivity index (χ0n) is 15.4. The fraction of sp³-hybridized carbons (Fsp3) is 0.0417. The lowest BCUT2D eigenvalue weighted by Gasteiger charge is -2.14. The Hall–Kier alpha value is -3.68. The Balaban J connectivity index is 1.75. The number of hydrogen-bond donors (Lipinski definition) is 0. The van der Waals surface area contributed by atoms with Crippen molar-refractivity contribution in [1.82, 2.24) is 10.1 Å². The van der Waals surface area contributed by atoms with Crippen LogP contribution >= 0.6 is 11.6 Å². The molecular weight excluding hydrogens is 382 g/mol. The number of benzene rings is 3. The number of hydrogen-bond acceptors (Lipinski definition) is 4. The Morgan fingerprint density at radius 1 is 0.931 bits per heavy atom. The minimum atomic E-state index is -0.194. The van der Waals surface area contributed by atoms with Crippen LogP contribution in [0.4, 0.5) is 0 Å². The molecule has 0 saturated heterocycles. The summed E-state index contributed by atoms with van der Waals surface area (Å²) < 4.78 is 5.46. The topological polar surface area (TPSA) is 62.7 Å². The van der Waals surface area contributed by atoms with E-state index in [1.54, 1.807) is 18.2 Å². The van der Waals surface area contributed by atoms with Gasteiger partial charge in [-0.2, -0.15) is 10.2 Å². The van der Waals surface area contributed by atoms with Crippen LogP contribution in [0.3, 0.4) is 0 Å². The number of aromatic nitrogens is 2. The molecule has 1 aromatic heterocycles. The van der Waals surface area contributed by atoms with Gasteiger partial charge in [0.15, 0.2) is 5.82 Å². The molecule has 0 aliphatic carbocycles. The summed E-state index contributed by atoms with van der Waals surface area (Å²) in [5.74, 6) is 0.491. The third-order valence-corrected chi connectivity index (χ3v) is 4.71. The molecule has 0 atom stereocenters. The molecule has 0 spiro atoms. The number of nitrogens with zero attached hydrogens (tertiary/aromatic N) is 3. The quantitative estimate of drug-likeness (QED) is 0.389. The summed E-state index contributed by atoms with van der Waals surface area (Å²) in [4.78, 5) is 4.55. The maximum atomic E-state index is 9.61. The molecule has 140 valence electrons. The van der Waals surface area contributed by atoms with Crippen molar-refractivity contribution in [2.24, 2.45) is 0 Å². The van der Waals surface area contributed by atoms with Crippen LogP contribution in [0.25, 0.3) is 11.6 Å². The van der Waals surface area contributed by atoms with E-state index in [1.165, 1.54) is 0 Å². The summed E-state index contributed by atoms with van der Waals surface area (Å²) in [6.07, 6.45) is 1.68. The van der Waals surface area contributed by atoms with Crippen molar-refractivity contribution in [3.63, 3.8) is 0 Å². The third kappa shape index (κ3) is 4.26. The van der Waals surface area contributed by atoms with Crippen LogP contribution in [0.15, 0.2) is 89.5 Å². The highest BCUT2D eigenvalue weighted by molar-refractivity contribution is 6.30. The minimum Gasteiger partial charge on any atom is -0.333 e. The van der Waals surface area contributed by atoms with Crippen molar-refractivity contribution >= 4 is 23.3 Å². The largest absolute Gasteiger partial charge is 0.333 e. The summed E-state index contributed by atoms with van der Waals surface area (Å²) in [7, 11) is 0. The first kappa shape index (κ1) is 18.7. The second-order valence-electron chi connectivity index (χ2n) is 6.44. The van der Waals surface area contributed by atoms with Gasteiger partial charge in [0, 0.05) is 5.02 Å². The fourth-order valence-electron chi connectivity index (χ4n) is 3.15. The van der Waals surface area contributed by atoms with Gasteiger partial charge in [-0.3, -0.25) is 0 Å². The molecule has 0 bridgehead atoms. The maximum absolute atomic E-state index is 9.61. The molecule has 4 nitrogen and oxygen atoms in total. The smallest absolute Gasteiger partial charge is 0.268 e. The summed E-state index contributed by atoms with van der Waals surface area (Å²) >= 11 is 6.04. The lowest BCUT2D eigenvalue weighted by Crippen LogP contribution is -2.05. The standard InChI is InChI=1S/C24H16ClN3O/c25-21-13-7-8-17(15-21)14-20(16-26)24-27-23(28-29-24)22(18-9-3-1-4-10-18)19-11-5-2-6-12-19/h1-15,22H/b20-14+. The number of rotatable bonds is 5. The highest BCUT2D eigenvalue weighted by Gasteiger charge is 2.23. The van der Waals surface area contributed by atoms with E-state index in [0.717, 1.165) is 16.7 Å². The summed E-state index contributed by atoms with van der Waals surface area (Å²) in [6, 6.07) is 29.3. The molecular formula is C24H16ClN3O. The van der Waals surface area contributed by atoms with Crippen LogP contribution in [0.5, 0.6) is 0 Å². The Morgan fingerprint density at radius 3 is 2.17 bits per heavy atom. The summed E-state index contributed by atoms with van der Waals surface area (Å²) in [5.41, 5.74) is 3.16. The van der Waals surface area contributed by atoms with E-state index >= 15 is 0 Å². The molecule has 0 aliphatic rings. The van der Waals surface area contributed by atoms with Crippen LogP contribution in [0.1, 0.15) is 34.3 Å². The van der Waals surface area contributed by atoms with Crippen molar-refractivity contribution in [1.29, 1.82) is 5.26 Å². The van der Waals surface area contributed by atoms with E-state index in [9.17, 15) is 5.26 Å². The Bertz CT molecular complexity index is 1140. The van der Waals surface area contributed by atoms with Gasteiger partial charge in [-0.05, 0) is 34.9 Å². The average Bonchev–Trinajstić information content (AvgIpc) is 3.23. The summed E-state index contributed by atoms with van der Waals surface area (Å²) in [5, 5.41) is 14.4. The normalized spacial score (nSPS) is 11.4. The van der Waals surface area contributed by atoms with Gasteiger partial charge in [0.25, 0.3) is 5.89 Å². The van der Waals surface area contributed by atoms with Crippen molar-refractivity contribution in [3.8, 4) is 6.07 Å². The molecule has 0 unspecified atom stereocenters. The Labute approximate surface area is 173 Å². The van der Waals surface area contributed by atoms with E-state index < -0.39 is 0 Å². The molecule has 0 radical (unpaired) electrons. The molecule has 29 heavy (non-hydrogen) atoms. The molecule has 5 heteroatoms. The van der Waals surface area contributed by atoms with Gasteiger partial charge in [0.2, 0.25) is 0 Å². The SMILES string of the molecule is N#C/C(=C\c1cccc(Cl)c1)c1nc(C(c2ccccc2)c2ccccc2)no1. The first-order chi connectivity index (χ1) is 14.2. The second-order valence-corrected chi connectivity index (χ2v) is 6.87. The van der Waals surface area contributed by atoms with E-state index in [4.69, 9.17) is 16.1 Å². The monoisotopic (exact) mass is 397 g/mol. The summed E-state index contributed by atoms with van der Waals surface area (Å²) in [6.45, 7) is 0. The van der Waals surface area contributed by atoms with E-state index in [1.807, 2.05) is 72.8 Å². The van der Waals surface area contributed by atoms with E-state index in [-0.39, 0.29) is 17.4 Å². The van der Waals surface area contributed by atoms with Gasteiger partial charge >= 0.3 is 0 Å². The molecule has 1 heterocycles. The molecule has 0 aliphatic heterocycles. The van der Waals surface area contributed by atoms with Crippen molar-refractivity contribution in [2.75, 3.05) is 0 Å². The third-order valence-electron chi connectivity index (χ3n) is 4.48. The van der Waals surface area contributed by atoms with Crippen LogP contribution in [0, 0.1) is 11.3 Å². The van der Waals surface area contributed by atoms with Crippen molar-refractivity contribution < 1.29 is 4.52 Å². The molecule has 4 aromatic rings. The molecule has 0 fully saturated rings. The first-order valence-corrected chi connectivity index (χ1v) is 9.43. The van der Waals surface area contributed by atoms with E-state index in [0.29, 0.717) is 10.8 Å². The molecule has 4 rings (SSSR count). The predicted octanol–water partition coefficient (Wildman–Crippen LogP) is 5.97. The molecule has 0 amide bonds. The number of allylic oxidation sites excluding steroid dienone is 1. The van der Waals surface area contributed by atoms with Crippen molar-refractivity contribution in [2.45, 2.75) is 5.92 Å². The predicted molar refractivity (Wildman–Crippen MR) is 113 cm³/mol. The zero-order chi connectivity index (χ0) is 20.1. The number of nitriles is 1. The lowest BCUT2D eigenvalue weighted by molar-refractivity contribution is 0.401. The highest BCUT2D eigenvalue weighted by Crippen LogP contribution is 2.31.